The van der Waals surface area contributed by atoms with Gasteiger partial charge in [0.25, 0.3) is 0 Å². The molecule has 0 N–H and O–H groups in total. The second-order valence-electron chi connectivity index (χ2n) is 4.87. The van der Waals surface area contributed by atoms with Crippen molar-refractivity contribution in [3.05, 3.63) is 16.0 Å². The highest BCUT2D eigenvalue weighted by Crippen LogP contribution is 2.33. The summed E-state index contributed by atoms with van der Waals surface area (Å²) in [5.41, 5.74) is 0. The zero-order valence-electron chi connectivity index (χ0n) is 10.2. The summed E-state index contributed by atoms with van der Waals surface area (Å²) in [6, 6.07) is 0. The standard InChI is InChI=1S/C12H17BrClN3/c1-8(2)9-3-5-17(6-4-9)12-10(13)11(14)15-7-16-12/h7-9H,3-6H2,1-2H3. The van der Waals surface area contributed by atoms with Gasteiger partial charge in [-0.05, 0) is 40.6 Å². The van der Waals surface area contributed by atoms with Gasteiger partial charge in [0.2, 0.25) is 0 Å². The summed E-state index contributed by atoms with van der Waals surface area (Å²) in [5.74, 6) is 2.53. The molecule has 2 rings (SSSR count). The maximum Gasteiger partial charge on any atom is 0.148 e. The van der Waals surface area contributed by atoms with Crippen molar-refractivity contribution in [2.45, 2.75) is 26.7 Å². The lowest BCUT2D eigenvalue weighted by Crippen LogP contribution is -2.36. The van der Waals surface area contributed by atoms with Crippen LogP contribution in [0.25, 0.3) is 0 Å². The smallest absolute Gasteiger partial charge is 0.148 e. The van der Waals surface area contributed by atoms with E-state index in [1.165, 1.54) is 19.2 Å². The van der Waals surface area contributed by atoms with Gasteiger partial charge in [0, 0.05) is 13.1 Å². The van der Waals surface area contributed by atoms with Gasteiger partial charge in [0.1, 0.15) is 17.3 Å². The minimum atomic E-state index is 0.487. The van der Waals surface area contributed by atoms with Gasteiger partial charge in [-0.2, -0.15) is 0 Å². The van der Waals surface area contributed by atoms with Crippen LogP contribution in [0.4, 0.5) is 5.82 Å². The van der Waals surface area contributed by atoms with Crippen molar-refractivity contribution < 1.29 is 0 Å². The molecule has 0 amide bonds. The molecule has 1 aliphatic rings. The van der Waals surface area contributed by atoms with Crippen LogP contribution in [0.15, 0.2) is 10.8 Å². The molecule has 1 fully saturated rings. The molecule has 3 nitrogen and oxygen atoms in total. The predicted octanol–water partition coefficient (Wildman–Crippen LogP) is 3.76. The first-order valence-electron chi connectivity index (χ1n) is 6.00. The zero-order valence-corrected chi connectivity index (χ0v) is 12.5. The molecule has 0 aromatic carbocycles. The van der Waals surface area contributed by atoms with E-state index >= 15 is 0 Å². The molecule has 2 heterocycles. The first kappa shape index (κ1) is 13.1. The normalized spacial score (nSPS) is 17.8. The Kier molecular flexibility index (Phi) is 4.26. The molecule has 5 heteroatoms. The third-order valence-corrected chi connectivity index (χ3v) is 4.76. The van der Waals surface area contributed by atoms with E-state index < -0.39 is 0 Å². The Morgan fingerprint density at radius 2 is 2.00 bits per heavy atom. The van der Waals surface area contributed by atoms with Crippen LogP contribution in [-0.2, 0) is 0 Å². The van der Waals surface area contributed by atoms with Crippen molar-refractivity contribution in [3.8, 4) is 0 Å². The fraction of sp³-hybridized carbons (Fsp3) is 0.667. The molecular weight excluding hydrogens is 302 g/mol. The monoisotopic (exact) mass is 317 g/mol. The van der Waals surface area contributed by atoms with E-state index in [1.807, 2.05) is 0 Å². The number of aromatic nitrogens is 2. The Hall–Kier alpha value is -0.350. The van der Waals surface area contributed by atoms with Gasteiger partial charge in [0.05, 0.1) is 4.47 Å². The molecule has 1 aromatic rings. The van der Waals surface area contributed by atoms with Crippen LogP contribution in [-0.4, -0.2) is 23.1 Å². The highest BCUT2D eigenvalue weighted by Gasteiger charge is 2.24. The summed E-state index contributed by atoms with van der Waals surface area (Å²) in [6.07, 6.45) is 3.98. The van der Waals surface area contributed by atoms with Crippen molar-refractivity contribution >= 4 is 33.3 Å². The number of anilines is 1. The molecular formula is C12H17BrClN3. The number of hydrogen-bond acceptors (Lipinski definition) is 3. The average Bonchev–Trinajstić information content (AvgIpc) is 2.33. The molecule has 17 heavy (non-hydrogen) atoms. The van der Waals surface area contributed by atoms with E-state index in [2.05, 4.69) is 44.6 Å². The molecule has 0 radical (unpaired) electrons. The van der Waals surface area contributed by atoms with Gasteiger partial charge in [-0.15, -0.1) is 0 Å². The van der Waals surface area contributed by atoms with Gasteiger partial charge in [-0.3, -0.25) is 0 Å². The van der Waals surface area contributed by atoms with Crippen LogP contribution >= 0.6 is 27.5 Å². The summed E-state index contributed by atoms with van der Waals surface area (Å²) < 4.78 is 0.810. The average molecular weight is 319 g/mol. The van der Waals surface area contributed by atoms with Gasteiger partial charge in [-0.1, -0.05) is 25.4 Å². The predicted molar refractivity (Wildman–Crippen MR) is 74.5 cm³/mol. The fourth-order valence-electron chi connectivity index (χ4n) is 2.34. The van der Waals surface area contributed by atoms with E-state index in [9.17, 15) is 0 Å². The molecule has 1 aromatic heterocycles. The first-order chi connectivity index (χ1) is 8.09. The summed E-state index contributed by atoms with van der Waals surface area (Å²) in [5, 5.41) is 0.487. The topological polar surface area (TPSA) is 29.0 Å². The third-order valence-electron chi connectivity index (χ3n) is 3.51. The molecule has 0 aliphatic carbocycles. The number of halogens is 2. The largest absolute Gasteiger partial charge is 0.356 e. The minimum absolute atomic E-state index is 0.487. The first-order valence-corrected chi connectivity index (χ1v) is 7.17. The maximum absolute atomic E-state index is 5.99. The Labute approximate surface area is 116 Å². The molecule has 0 unspecified atom stereocenters. The summed E-state index contributed by atoms with van der Waals surface area (Å²) in [6.45, 7) is 6.71. The summed E-state index contributed by atoms with van der Waals surface area (Å²) >= 11 is 9.45. The Morgan fingerprint density at radius 1 is 1.35 bits per heavy atom. The van der Waals surface area contributed by atoms with Crippen molar-refractivity contribution in [2.75, 3.05) is 18.0 Å². The van der Waals surface area contributed by atoms with E-state index in [0.717, 1.165) is 35.2 Å². The third kappa shape index (κ3) is 2.91. The molecule has 0 spiro atoms. The summed E-state index contributed by atoms with van der Waals surface area (Å²) in [7, 11) is 0. The maximum atomic E-state index is 5.99. The Bertz CT molecular complexity index is 389. The minimum Gasteiger partial charge on any atom is -0.356 e. The lowest BCUT2D eigenvalue weighted by atomic mass is 9.87. The Morgan fingerprint density at radius 3 is 2.59 bits per heavy atom. The van der Waals surface area contributed by atoms with E-state index in [0.29, 0.717) is 5.15 Å². The second-order valence-corrected chi connectivity index (χ2v) is 6.02. The van der Waals surface area contributed by atoms with Crippen LogP contribution < -0.4 is 4.90 Å². The van der Waals surface area contributed by atoms with E-state index in [1.54, 1.807) is 0 Å². The molecule has 94 valence electrons. The van der Waals surface area contributed by atoms with Crippen LogP contribution in [0.5, 0.6) is 0 Å². The van der Waals surface area contributed by atoms with Gasteiger partial charge < -0.3 is 4.90 Å². The fourth-order valence-corrected chi connectivity index (χ4v) is 2.92. The molecule has 1 saturated heterocycles. The molecule has 0 atom stereocenters. The van der Waals surface area contributed by atoms with E-state index in [4.69, 9.17) is 11.6 Å². The number of hydrogen-bond donors (Lipinski definition) is 0. The zero-order chi connectivity index (χ0) is 12.4. The number of piperidine rings is 1. The Balaban J connectivity index is 2.08. The van der Waals surface area contributed by atoms with Crippen molar-refractivity contribution in [2.24, 2.45) is 11.8 Å². The molecule has 0 bridgehead atoms. The van der Waals surface area contributed by atoms with Gasteiger partial charge >= 0.3 is 0 Å². The van der Waals surface area contributed by atoms with Crippen molar-refractivity contribution in [3.63, 3.8) is 0 Å². The lowest BCUT2D eigenvalue weighted by Gasteiger charge is -2.34. The van der Waals surface area contributed by atoms with E-state index in [-0.39, 0.29) is 0 Å². The molecule has 0 saturated carbocycles. The quantitative estimate of drug-likeness (QED) is 0.777. The number of rotatable bonds is 2. The second kappa shape index (κ2) is 5.53. The van der Waals surface area contributed by atoms with Crippen LogP contribution in [0.1, 0.15) is 26.7 Å². The van der Waals surface area contributed by atoms with Gasteiger partial charge in [-0.25, -0.2) is 9.97 Å². The van der Waals surface area contributed by atoms with Crippen molar-refractivity contribution in [1.29, 1.82) is 0 Å². The van der Waals surface area contributed by atoms with Gasteiger partial charge in [0.15, 0.2) is 0 Å². The lowest BCUT2D eigenvalue weighted by molar-refractivity contribution is 0.310. The molecule has 1 aliphatic heterocycles. The van der Waals surface area contributed by atoms with Crippen LogP contribution in [0.2, 0.25) is 5.15 Å². The number of nitrogens with zero attached hydrogens (tertiary/aromatic N) is 3. The highest BCUT2D eigenvalue weighted by molar-refractivity contribution is 9.10. The SMILES string of the molecule is CC(C)C1CCN(c2ncnc(Cl)c2Br)CC1. The van der Waals surface area contributed by atoms with Crippen molar-refractivity contribution in [1.82, 2.24) is 9.97 Å². The highest BCUT2D eigenvalue weighted by atomic mass is 79.9. The summed E-state index contributed by atoms with van der Waals surface area (Å²) in [4.78, 5) is 10.6. The van der Waals surface area contributed by atoms with Crippen LogP contribution in [0.3, 0.4) is 0 Å². The van der Waals surface area contributed by atoms with Crippen LogP contribution in [0, 0.1) is 11.8 Å².